The summed E-state index contributed by atoms with van der Waals surface area (Å²) in [6.45, 7) is 0.480. The summed E-state index contributed by atoms with van der Waals surface area (Å²) < 4.78 is 0. The van der Waals surface area contributed by atoms with Gasteiger partial charge < -0.3 is 15.1 Å². The molecule has 0 radical (unpaired) electrons. The zero-order chi connectivity index (χ0) is 14.5. The summed E-state index contributed by atoms with van der Waals surface area (Å²) in [5.41, 5.74) is 1.16. The smallest absolute Gasteiger partial charge is 0.292 e. The quantitative estimate of drug-likeness (QED) is 0.587. The molecular weight excluding hydrogens is 260 g/mol. The molecule has 20 heavy (non-hydrogen) atoms. The number of aliphatic hydroxyl groups excluding tert-OH is 2. The first-order chi connectivity index (χ1) is 9.67. The molecule has 0 aliphatic heterocycles. The SMILES string of the molecule is O=[N+]([O-])c1cc(CO)ccc1N(CCCO)C1CCC1. The fourth-order valence-electron chi connectivity index (χ4n) is 2.50. The molecule has 0 heterocycles. The van der Waals surface area contributed by atoms with Crippen LogP contribution >= 0.6 is 0 Å². The van der Waals surface area contributed by atoms with Gasteiger partial charge in [-0.05, 0) is 37.3 Å². The van der Waals surface area contributed by atoms with Gasteiger partial charge in [0.25, 0.3) is 5.69 Å². The van der Waals surface area contributed by atoms with Gasteiger partial charge in [-0.1, -0.05) is 6.07 Å². The van der Waals surface area contributed by atoms with Crippen LogP contribution in [0, 0.1) is 10.1 Å². The third-order valence-electron chi connectivity index (χ3n) is 3.80. The van der Waals surface area contributed by atoms with Gasteiger partial charge in [0.1, 0.15) is 5.69 Å². The van der Waals surface area contributed by atoms with Crippen LogP contribution < -0.4 is 4.90 Å². The Morgan fingerprint density at radius 1 is 1.35 bits per heavy atom. The number of rotatable bonds is 7. The van der Waals surface area contributed by atoms with E-state index in [1.165, 1.54) is 6.07 Å². The summed E-state index contributed by atoms with van der Waals surface area (Å²) in [5.74, 6) is 0. The van der Waals surface area contributed by atoms with E-state index in [2.05, 4.69) is 0 Å². The lowest BCUT2D eigenvalue weighted by molar-refractivity contribution is -0.384. The summed E-state index contributed by atoms with van der Waals surface area (Å²) in [7, 11) is 0. The van der Waals surface area contributed by atoms with Crippen LogP contribution in [0.3, 0.4) is 0 Å². The van der Waals surface area contributed by atoms with Gasteiger partial charge in [0, 0.05) is 25.3 Å². The molecule has 0 aromatic heterocycles. The van der Waals surface area contributed by atoms with Crippen molar-refractivity contribution in [2.45, 2.75) is 38.3 Å². The fraction of sp³-hybridized carbons (Fsp3) is 0.571. The maximum Gasteiger partial charge on any atom is 0.292 e. The molecule has 2 N–H and O–H groups in total. The van der Waals surface area contributed by atoms with Gasteiger partial charge >= 0.3 is 0 Å². The van der Waals surface area contributed by atoms with Gasteiger partial charge in [-0.15, -0.1) is 0 Å². The summed E-state index contributed by atoms with van der Waals surface area (Å²) in [6, 6.07) is 5.17. The van der Waals surface area contributed by atoms with Crippen LogP contribution in [0.4, 0.5) is 11.4 Å². The van der Waals surface area contributed by atoms with Crippen molar-refractivity contribution in [3.63, 3.8) is 0 Å². The second-order valence-electron chi connectivity index (χ2n) is 5.09. The van der Waals surface area contributed by atoms with Crippen molar-refractivity contribution in [1.82, 2.24) is 0 Å². The van der Waals surface area contributed by atoms with Gasteiger partial charge in [-0.25, -0.2) is 0 Å². The number of nitro benzene ring substituents is 1. The van der Waals surface area contributed by atoms with Crippen molar-refractivity contribution in [1.29, 1.82) is 0 Å². The molecule has 1 aliphatic carbocycles. The standard InChI is InChI=1S/C14H20N2O4/c17-8-2-7-15(12-3-1-4-12)13-6-5-11(10-18)9-14(13)16(19)20/h5-6,9,12,17-18H,1-4,7-8,10H2. The molecule has 0 saturated heterocycles. The van der Waals surface area contributed by atoms with Crippen LogP contribution in [-0.2, 0) is 6.61 Å². The Balaban J connectivity index is 2.32. The molecular formula is C14H20N2O4. The van der Waals surface area contributed by atoms with E-state index < -0.39 is 4.92 Å². The first-order valence-corrected chi connectivity index (χ1v) is 6.93. The van der Waals surface area contributed by atoms with Crippen molar-refractivity contribution in [3.8, 4) is 0 Å². The van der Waals surface area contributed by atoms with Crippen LogP contribution in [0.5, 0.6) is 0 Å². The Hall–Kier alpha value is -1.66. The van der Waals surface area contributed by atoms with Gasteiger partial charge in [0.15, 0.2) is 0 Å². The van der Waals surface area contributed by atoms with E-state index in [4.69, 9.17) is 10.2 Å². The molecule has 1 fully saturated rings. The molecule has 0 atom stereocenters. The predicted octanol–water partition coefficient (Wildman–Crippen LogP) is 1.83. The normalized spacial score (nSPS) is 14.9. The van der Waals surface area contributed by atoms with Crippen LogP contribution in [0.2, 0.25) is 0 Å². The number of aliphatic hydroxyl groups is 2. The lowest BCUT2D eigenvalue weighted by atomic mass is 9.90. The third-order valence-corrected chi connectivity index (χ3v) is 3.80. The van der Waals surface area contributed by atoms with Crippen molar-refractivity contribution in [2.75, 3.05) is 18.1 Å². The topological polar surface area (TPSA) is 86.8 Å². The maximum atomic E-state index is 11.2. The average molecular weight is 280 g/mol. The number of anilines is 1. The van der Waals surface area contributed by atoms with Crippen molar-refractivity contribution in [2.24, 2.45) is 0 Å². The Kier molecular flexibility index (Phi) is 4.92. The highest BCUT2D eigenvalue weighted by molar-refractivity contribution is 5.65. The second-order valence-corrected chi connectivity index (χ2v) is 5.09. The number of nitro groups is 1. The zero-order valence-corrected chi connectivity index (χ0v) is 11.4. The van der Waals surface area contributed by atoms with Gasteiger partial charge in [-0.2, -0.15) is 0 Å². The van der Waals surface area contributed by atoms with Crippen LogP contribution in [-0.4, -0.2) is 34.3 Å². The molecule has 0 bridgehead atoms. The second kappa shape index (κ2) is 6.67. The molecule has 1 aromatic carbocycles. The molecule has 1 aliphatic rings. The fourth-order valence-corrected chi connectivity index (χ4v) is 2.50. The average Bonchev–Trinajstić information content (AvgIpc) is 2.40. The van der Waals surface area contributed by atoms with E-state index in [-0.39, 0.29) is 18.9 Å². The van der Waals surface area contributed by atoms with E-state index in [1.54, 1.807) is 12.1 Å². The van der Waals surface area contributed by atoms with Crippen LogP contribution in [0.1, 0.15) is 31.2 Å². The molecule has 1 aromatic rings. The Morgan fingerprint density at radius 3 is 2.60 bits per heavy atom. The first kappa shape index (κ1) is 14.7. The summed E-state index contributed by atoms with van der Waals surface area (Å²) in [4.78, 5) is 12.9. The minimum Gasteiger partial charge on any atom is -0.396 e. The molecule has 6 nitrogen and oxygen atoms in total. The zero-order valence-electron chi connectivity index (χ0n) is 11.4. The largest absolute Gasteiger partial charge is 0.396 e. The molecule has 6 heteroatoms. The van der Waals surface area contributed by atoms with Crippen LogP contribution in [0.25, 0.3) is 0 Å². The van der Waals surface area contributed by atoms with E-state index in [0.29, 0.717) is 30.3 Å². The molecule has 0 spiro atoms. The van der Waals surface area contributed by atoms with Gasteiger partial charge in [0.2, 0.25) is 0 Å². The third kappa shape index (κ3) is 3.08. The number of nitrogens with zero attached hydrogens (tertiary/aromatic N) is 2. The summed E-state index contributed by atoms with van der Waals surface area (Å²) >= 11 is 0. The van der Waals surface area contributed by atoms with Gasteiger partial charge in [-0.3, -0.25) is 10.1 Å². The number of hydrogen-bond acceptors (Lipinski definition) is 5. The summed E-state index contributed by atoms with van der Waals surface area (Å²) in [6.07, 6.45) is 3.80. The molecule has 110 valence electrons. The van der Waals surface area contributed by atoms with E-state index in [9.17, 15) is 10.1 Å². The number of hydrogen-bond donors (Lipinski definition) is 2. The molecule has 0 amide bonds. The van der Waals surface area contributed by atoms with Crippen molar-refractivity contribution >= 4 is 11.4 Å². The highest BCUT2D eigenvalue weighted by Gasteiger charge is 2.29. The monoisotopic (exact) mass is 280 g/mol. The summed E-state index contributed by atoms with van der Waals surface area (Å²) in [5, 5.41) is 29.4. The molecule has 1 saturated carbocycles. The van der Waals surface area contributed by atoms with E-state index in [1.807, 2.05) is 4.90 Å². The van der Waals surface area contributed by atoms with Crippen LogP contribution in [0.15, 0.2) is 18.2 Å². The Labute approximate surface area is 117 Å². The van der Waals surface area contributed by atoms with E-state index >= 15 is 0 Å². The Morgan fingerprint density at radius 2 is 2.10 bits per heavy atom. The first-order valence-electron chi connectivity index (χ1n) is 6.93. The lowest BCUT2D eigenvalue weighted by Crippen LogP contribution is -2.41. The van der Waals surface area contributed by atoms with Crippen molar-refractivity contribution < 1.29 is 15.1 Å². The molecule has 2 rings (SSSR count). The number of benzene rings is 1. The highest BCUT2D eigenvalue weighted by Crippen LogP contribution is 2.36. The van der Waals surface area contributed by atoms with Crippen molar-refractivity contribution in [3.05, 3.63) is 33.9 Å². The maximum absolute atomic E-state index is 11.2. The minimum absolute atomic E-state index is 0.0291. The minimum atomic E-state index is -0.404. The highest BCUT2D eigenvalue weighted by atomic mass is 16.6. The predicted molar refractivity (Wildman–Crippen MR) is 75.7 cm³/mol. The van der Waals surface area contributed by atoms with Gasteiger partial charge in [0.05, 0.1) is 11.5 Å². The Bertz CT molecular complexity index is 474. The van der Waals surface area contributed by atoms with E-state index in [0.717, 1.165) is 19.3 Å². The lowest BCUT2D eigenvalue weighted by Gasteiger charge is -2.39. The molecule has 0 unspecified atom stereocenters.